The normalized spacial score (nSPS) is 17.1. The van der Waals surface area contributed by atoms with Gasteiger partial charge in [0.05, 0.1) is 11.2 Å². The second kappa shape index (κ2) is 9.66. The van der Waals surface area contributed by atoms with Gasteiger partial charge in [-0.2, -0.15) is 0 Å². The number of thiol groups is 2. The molecule has 0 saturated carbocycles. The largest absolute Gasteiger partial charge is 0.494 e. The lowest BCUT2D eigenvalue weighted by Gasteiger charge is -2.32. The molecule has 2 rings (SSSR count). The lowest BCUT2D eigenvalue weighted by Crippen LogP contribution is -2.41. The first kappa shape index (κ1) is 23.2. The Morgan fingerprint density at radius 3 is 1.96 bits per heavy atom. The fourth-order valence-electron chi connectivity index (χ4n) is 2.05. The number of hydrogen-bond donors (Lipinski definition) is 3. The summed E-state index contributed by atoms with van der Waals surface area (Å²) in [4.78, 5) is 0. The molecule has 0 spiro atoms. The molecular weight excluding hydrogens is 341 g/mol. The Hall–Kier alpha value is -0.755. The highest BCUT2D eigenvalue weighted by atomic mass is 33.1. The molecule has 0 unspecified atom stereocenters. The average molecular weight is 371 g/mol. The van der Waals surface area contributed by atoms with Crippen LogP contribution < -0.4 is 15.9 Å². The summed E-state index contributed by atoms with van der Waals surface area (Å²) in [5.41, 5.74) is 6.71. The summed E-state index contributed by atoms with van der Waals surface area (Å²) >= 11 is 6.44. The molecule has 1 aromatic carbocycles. The van der Waals surface area contributed by atoms with Gasteiger partial charge in [-0.15, -0.1) is 23.3 Å². The van der Waals surface area contributed by atoms with Crippen LogP contribution in [0.5, 0.6) is 5.75 Å². The maximum absolute atomic E-state index is 6.02. The highest BCUT2D eigenvalue weighted by molar-refractivity contribution is 8.59. The lowest BCUT2D eigenvalue weighted by atomic mass is 9.78. The number of aryl methyl sites for hydroxylation is 1. The molecule has 0 aromatic heterocycles. The molecule has 0 bridgehead atoms. The molecule has 136 valence electrons. The Labute approximate surface area is 157 Å². The number of rotatable bonds is 3. The molecule has 0 amide bonds. The van der Waals surface area contributed by atoms with Crippen LogP contribution in [-0.2, 0) is 9.31 Å². The molecular formula is C17H30BNO3S2. The average Bonchev–Trinajstić information content (AvgIpc) is 2.73. The predicted molar refractivity (Wildman–Crippen MR) is 110 cm³/mol. The molecule has 1 fully saturated rings. The van der Waals surface area contributed by atoms with Crippen LogP contribution in [0.15, 0.2) is 30.7 Å². The summed E-state index contributed by atoms with van der Waals surface area (Å²) in [6.45, 7) is 17.6. The lowest BCUT2D eigenvalue weighted by molar-refractivity contribution is 0.00578. The van der Waals surface area contributed by atoms with Crippen molar-refractivity contribution in [3.8, 4) is 5.75 Å². The van der Waals surface area contributed by atoms with Gasteiger partial charge in [0.15, 0.2) is 5.88 Å². The second-order valence-corrected chi connectivity index (χ2v) is 6.18. The van der Waals surface area contributed by atoms with E-state index in [-0.39, 0.29) is 24.2 Å². The van der Waals surface area contributed by atoms with Crippen LogP contribution in [0.1, 0.15) is 47.1 Å². The topological polar surface area (TPSA) is 53.7 Å². The van der Waals surface area contributed by atoms with Crippen molar-refractivity contribution in [3.63, 3.8) is 0 Å². The highest BCUT2D eigenvalue weighted by Crippen LogP contribution is 2.36. The van der Waals surface area contributed by atoms with E-state index in [1.807, 2.05) is 66.7 Å². The van der Waals surface area contributed by atoms with E-state index >= 15 is 0 Å². The first-order chi connectivity index (χ1) is 11.1. The van der Waals surface area contributed by atoms with Crippen LogP contribution >= 0.6 is 23.3 Å². The van der Waals surface area contributed by atoms with Crippen LogP contribution in [0.4, 0.5) is 0 Å². The van der Waals surface area contributed by atoms with Crippen molar-refractivity contribution in [1.29, 1.82) is 0 Å². The fourth-order valence-corrected chi connectivity index (χ4v) is 2.05. The van der Waals surface area contributed by atoms with Crippen LogP contribution in [0.2, 0.25) is 0 Å². The summed E-state index contributed by atoms with van der Waals surface area (Å²) in [6, 6.07) is 5.77. The van der Waals surface area contributed by atoms with E-state index in [9.17, 15) is 0 Å². The molecule has 4 nitrogen and oxygen atoms in total. The van der Waals surface area contributed by atoms with Gasteiger partial charge in [0, 0.05) is 0 Å². The monoisotopic (exact) mass is 371 g/mol. The van der Waals surface area contributed by atoms with Crippen LogP contribution in [0.25, 0.3) is 0 Å². The summed E-state index contributed by atoms with van der Waals surface area (Å²) in [5, 5.41) is 0. The Balaban J connectivity index is 0.00000123. The van der Waals surface area contributed by atoms with E-state index in [1.54, 1.807) is 0 Å². The van der Waals surface area contributed by atoms with Gasteiger partial charge in [-0.25, -0.2) is 0 Å². The highest BCUT2D eigenvalue weighted by Gasteiger charge is 2.51. The molecule has 7 heteroatoms. The van der Waals surface area contributed by atoms with Gasteiger partial charge in [0.1, 0.15) is 5.75 Å². The number of hydrogen-bond acceptors (Lipinski definition) is 6. The minimum atomic E-state index is -0.367. The van der Waals surface area contributed by atoms with Gasteiger partial charge >= 0.3 is 7.12 Å². The third kappa shape index (κ3) is 5.65. The molecule has 2 N–H and O–H groups in total. The molecule has 1 aromatic rings. The van der Waals surface area contributed by atoms with Crippen LogP contribution in [0, 0.1) is 6.92 Å². The van der Waals surface area contributed by atoms with Gasteiger partial charge in [0.25, 0.3) is 0 Å². The van der Waals surface area contributed by atoms with E-state index in [1.165, 1.54) is 0 Å². The number of ether oxygens (including phenoxy) is 1. The van der Waals surface area contributed by atoms with E-state index in [0.29, 0.717) is 5.75 Å². The predicted octanol–water partition coefficient (Wildman–Crippen LogP) is 3.89. The van der Waals surface area contributed by atoms with Gasteiger partial charge < -0.3 is 19.8 Å². The first-order valence-corrected chi connectivity index (χ1v) is 9.51. The van der Waals surface area contributed by atoms with Gasteiger partial charge in [-0.3, -0.25) is 0 Å². The van der Waals surface area contributed by atoms with E-state index < -0.39 is 0 Å². The zero-order valence-corrected chi connectivity index (χ0v) is 17.5. The quantitative estimate of drug-likeness (QED) is 0.327. The fraction of sp³-hybridized carbons (Fsp3) is 0.529. The zero-order valence-electron chi connectivity index (χ0n) is 15.7. The molecule has 24 heavy (non-hydrogen) atoms. The third-order valence-corrected chi connectivity index (χ3v) is 3.97. The maximum atomic E-state index is 6.02. The van der Waals surface area contributed by atoms with Crippen molar-refractivity contribution in [2.24, 2.45) is 5.73 Å². The van der Waals surface area contributed by atoms with Crippen LogP contribution in [0.3, 0.4) is 0 Å². The second-order valence-electron chi connectivity index (χ2n) is 6.18. The molecule has 1 aliphatic rings. The summed E-state index contributed by atoms with van der Waals surface area (Å²) < 4.78 is 17.4. The summed E-state index contributed by atoms with van der Waals surface area (Å²) in [6.07, 6.45) is 0. The Morgan fingerprint density at radius 2 is 1.58 bits per heavy atom. The molecule has 0 aliphatic carbocycles. The standard InChI is InChI=1S/C15H22BNO3.C2H6.H2S2/c1-10-9-12(7-8-13(10)18-11(2)17)16-19-14(3,4)15(5,6)20-16;2*1-2/h7-9H,2,17H2,1,3-6H3;1-2H3;1-2H. The molecule has 0 radical (unpaired) electrons. The first-order valence-electron chi connectivity index (χ1n) is 7.91. The van der Waals surface area contributed by atoms with Crippen LogP contribution in [-0.4, -0.2) is 18.3 Å². The van der Waals surface area contributed by atoms with Crippen molar-refractivity contribution >= 4 is 35.9 Å². The van der Waals surface area contributed by atoms with Crippen molar-refractivity contribution in [3.05, 3.63) is 36.2 Å². The van der Waals surface area contributed by atoms with Gasteiger partial charge in [-0.1, -0.05) is 26.0 Å². The molecule has 1 saturated heterocycles. The molecule has 1 heterocycles. The van der Waals surface area contributed by atoms with E-state index in [0.717, 1.165) is 11.0 Å². The minimum Gasteiger partial charge on any atom is -0.442 e. The SMILES string of the molecule is C=C(N)Oc1ccc(B2OC(C)(C)C(C)(C)O2)cc1C.CC.SS. The Kier molecular flexibility index (Phi) is 9.35. The van der Waals surface area contributed by atoms with Crippen molar-refractivity contribution in [2.45, 2.75) is 59.7 Å². The van der Waals surface area contributed by atoms with Gasteiger partial charge in [-0.05, 0) is 58.3 Å². The van der Waals surface area contributed by atoms with Crippen molar-refractivity contribution in [2.75, 3.05) is 0 Å². The molecule has 1 aliphatic heterocycles. The Morgan fingerprint density at radius 1 is 1.12 bits per heavy atom. The third-order valence-electron chi connectivity index (χ3n) is 3.97. The van der Waals surface area contributed by atoms with E-state index in [4.69, 9.17) is 19.8 Å². The van der Waals surface area contributed by atoms with Crippen molar-refractivity contribution in [1.82, 2.24) is 0 Å². The Bertz CT molecular complexity index is 535. The van der Waals surface area contributed by atoms with Gasteiger partial charge in [0.2, 0.25) is 0 Å². The maximum Gasteiger partial charge on any atom is 0.494 e. The number of benzene rings is 1. The molecule has 0 atom stereocenters. The smallest absolute Gasteiger partial charge is 0.442 e. The van der Waals surface area contributed by atoms with E-state index in [2.05, 4.69) is 29.9 Å². The zero-order chi connectivity index (χ0) is 19.1. The minimum absolute atomic E-state index is 0.177. The summed E-state index contributed by atoms with van der Waals surface area (Å²) in [5.74, 6) is 0.870. The number of nitrogens with two attached hydrogens (primary N) is 1. The van der Waals surface area contributed by atoms with Crippen molar-refractivity contribution < 1.29 is 14.0 Å². The summed E-state index contributed by atoms with van der Waals surface area (Å²) in [7, 11) is -0.367.